The summed E-state index contributed by atoms with van der Waals surface area (Å²) in [5, 5.41) is 4.17. The fourth-order valence-electron chi connectivity index (χ4n) is 1.24. The van der Waals surface area contributed by atoms with E-state index in [1.807, 2.05) is 0 Å². The van der Waals surface area contributed by atoms with Crippen LogP contribution < -0.4 is 5.32 Å². The molecule has 0 atom stereocenters. The fourth-order valence-corrected chi connectivity index (χ4v) is 3.18. The lowest BCUT2D eigenvalue weighted by atomic mass is 10.3. The maximum Gasteiger partial charge on any atom is 0.270 e. The van der Waals surface area contributed by atoms with Crippen LogP contribution in [0.1, 0.15) is 23.2 Å². The molecular formula is C10H14ClNO4S2. The van der Waals surface area contributed by atoms with Gasteiger partial charge in [-0.3, -0.25) is 4.79 Å². The lowest BCUT2D eigenvalue weighted by Crippen LogP contribution is -2.24. The molecule has 0 saturated heterocycles. The predicted octanol–water partition coefficient (Wildman–Crippen LogP) is 1.83. The molecule has 8 heteroatoms. The summed E-state index contributed by atoms with van der Waals surface area (Å²) in [7, 11) is 3.04. The minimum Gasteiger partial charge on any atom is -0.385 e. The zero-order chi connectivity index (χ0) is 13.6. The number of carbonyl (C=O) groups is 1. The number of unbranched alkanes of at least 4 members (excludes halogenated alkanes) is 1. The average Bonchev–Trinajstić information content (AvgIpc) is 2.77. The maximum atomic E-state index is 11.6. The van der Waals surface area contributed by atoms with Crippen molar-refractivity contribution < 1.29 is 17.9 Å². The Morgan fingerprint density at radius 3 is 2.78 bits per heavy atom. The van der Waals surface area contributed by atoms with Crippen LogP contribution in [0.5, 0.6) is 0 Å². The number of nitrogens with one attached hydrogen (secondary N) is 1. The molecule has 1 rings (SSSR count). The van der Waals surface area contributed by atoms with Crippen LogP contribution in [-0.4, -0.2) is 34.6 Å². The zero-order valence-corrected chi connectivity index (χ0v) is 12.2. The van der Waals surface area contributed by atoms with Gasteiger partial charge in [-0.1, -0.05) is 0 Å². The molecule has 1 heterocycles. The van der Waals surface area contributed by atoms with Gasteiger partial charge in [0.25, 0.3) is 15.0 Å². The molecule has 0 aromatic carbocycles. The van der Waals surface area contributed by atoms with Gasteiger partial charge < -0.3 is 10.1 Å². The van der Waals surface area contributed by atoms with Crippen LogP contribution in [0.15, 0.2) is 15.7 Å². The molecule has 1 N–H and O–H groups in total. The smallest absolute Gasteiger partial charge is 0.270 e. The molecule has 5 nitrogen and oxygen atoms in total. The number of rotatable bonds is 7. The van der Waals surface area contributed by atoms with Crippen LogP contribution in [0.3, 0.4) is 0 Å². The van der Waals surface area contributed by atoms with Crippen molar-refractivity contribution in [1.29, 1.82) is 0 Å². The molecule has 0 aliphatic heterocycles. The fraction of sp³-hybridized carbons (Fsp3) is 0.500. The topological polar surface area (TPSA) is 72.5 Å². The second-order valence-corrected chi connectivity index (χ2v) is 7.25. The van der Waals surface area contributed by atoms with Crippen molar-refractivity contribution >= 4 is 37.0 Å². The van der Waals surface area contributed by atoms with Gasteiger partial charge in [0.05, 0.1) is 5.56 Å². The van der Waals surface area contributed by atoms with Gasteiger partial charge >= 0.3 is 0 Å². The molecule has 0 spiro atoms. The third-order valence-electron chi connectivity index (χ3n) is 2.14. The molecule has 0 aliphatic carbocycles. The van der Waals surface area contributed by atoms with Crippen molar-refractivity contribution in [3.63, 3.8) is 0 Å². The van der Waals surface area contributed by atoms with Gasteiger partial charge in [0, 0.05) is 36.3 Å². The number of methoxy groups -OCH3 is 1. The molecule has 0 fully saturated rings. The van der Waals surface area contributed by atoms with Crippen molar-refractivity contribution in [1.82, 2.24) is 5.32 Å². The van der Waals surface area contributed by atoms with Crippen molar-refractivity contribution in [2.75, 3.05) is 20.3 Å². The molecule has 0 radical (unpaired) electrons. The number of carbonyl (C=O) groups excluding carboxylic acids is 1. The van der Waals surface area contributed by atoms with E-state index in [9.17, 15) is 13.2 Å². The Balaban J connectivity index is 2.45. The largest absolute Gasteiger partial charge is 0.385 e. The van der Waals surface area contributed by atoms with E-state index in [1.165, 1.54) is 11.4 Å². The third-order valence-corrected chi connectivity index (χ3v) is 5.18. The van der Waals surface area contributed by atoms with E-state index in [0.29, 0.717) is 18.7 Å². The number of thiophene rings is 1. The van der Waals surface area contributed by atoms with Gasteiger partial charge in [-0.05, 0) is 18.9 Å². The minimum atomic E-state index is -3.75. The summed E-state index contributed by atoms with van der Waals surface area (Å²) in [6.07, 6.45) is 1.67. The molecule has 18 heavy (non-hydrogen) atoms. The van der Waals surface area contributed by atoms with Crippen LogP contribution in [0.25, 0.3) is 0 Å². The van der Waals surface area contributed by atoms with Crippen molar-refractivity contribution in [3.05, 3.63) is 17.0 Å². The number of halogens is 1. The lowest BCUT2D eigenvalue weighted by Gasteiger charge is -2.02. The standard InChI is InChI=1S/C10H14ClNO4S2/c1-16-5-3-2-4-12-10(13)8-6-9(17-7-8)18(11,14)15/h6-7H,2-5H2,1H3,(H,12,13). The number of amides is 1. The highest BCUT2D eigenvalue weighted by atomic mass is 35.7. The molecule has 1 aromatic heterocycles. The molecule has 1 amide bonds. The Hall–Kier alpha value is -0.630. The quantitative estimate of drug-likeness (QED) is 0.616. The lowest BCUT2D eigenvalue weighted by molar-refractivity contribution is 0.0951. The SMILES string of the molecule is COCCCCNC(=O)c1csc(S(=O)(=O)Cl)c1. The normalized spacial score (nSPS) is 11.4. The van der Waals surface area contributed by atoms with E-state index in [2.05, 4.69) is 5.32 Å². The van der Waals surface area contributed by atoms with Gasteiger partial charge in [-0.25, -0.2) is 8.42 Å². The Morgan fingerprint density at radius 2 is 2.22 bits per heavy atom. The van der Waals surface area contributed by atoms with E-state index in [4.69, 9.17) is 15.4 Å². The first-order valence-electron chi connectivity index (χ1n) is 5.25. The van der Waals surface area contributed by atoms with Crippen LogP contribution in [-0.2, 0) is 13.8 Å². The van der Waals surface area contributed by atoms with E-state index < -0.39 is 9.05 Å². The van der Waals surface area contributed by atoms with Gasteiger partial charge in [0.1, 0.15) is 4.21 Å². The van der Waals surface area contributed by atoms with Crippen molar-refractivity contribution in [2.24, 2.45) is 0 Å². The van der Waals surface area contributed by atoms with Crippen LogP contribution in [0.2, 0.25) is 0 Å². The summed E-state index contributed by atoms with van der Waals surface area (Å²) < 4.78 is 26.9. The Bertz CT molecular complexity index is 498. The number of ether oxygens (including phenoxy) is 1. The average molecular weight is 312 g/mol. The highest BCUT2D eigenvalue weighted by Crippen LogP contribution is 2.23. The number of hydrogen-bond donors (Lipinski definition) is 1. The summed E-state index contributed by atoms with van der Waals surface area (Å²) >= 11 is 0.931. The van der Waals surface area contributed by atoms with Gasteiger partial charge in [-0.2, -0.15) is 0 Å². The van der Waals surface area contributed by atoms with Crippen molar-refractivity contribution in [3.8, 4) is 0 Å². The van der Waals surface area contributed by atoms with Gasteiger partial charge in [0.15, 0.2) is 0 Å². The Labute approximate surface area is 115 Å². The highest BCUT2D eigenvalue weighted by molar-refractivity contribution is 8.15. The van der Waals surface area contributed by atoms with E-state index in [0.717, 1.165) is 24.2 Å². The molecular weight excluding hydrogens is 298 g/mol. The monoisotopic (exact) mass is 311 g/mol. The molecule has 0 aliphatic rings. The summed E-state index contributed by atoms with van der Waals surface area (Å²) in [5.74, 6) is -0.296. The van der Waals surface area contributed by atoms with Gasteiger partial charge in [0.2, 0.25) is 0 Å². The van der Waals surface area contributed by atoms with E-state index in [-0.39, 0.29) is 10.1 Å². The molecule has 102 valence electrons. The number of hydrogen-bond acceptors (Lipinski definition) is 5. The summed E-state index contributed by atoms with van der Waals surface area (Å²) in [4.78, 5) is 11.6. The second kappa shape index (κ2) is 7.08. The minimum absolute atomic E-state index is 0.0197. The van der Waals surface area contributed by atoms with E-state index >= 15 is 0 Å². The Morgan fingerprint density at radius 1 is 1.50 bits per heavy atom. The van der Waals surface area contributed by atoms with Crippen LogP contribution in [0, 0.1) is 0 Å². The summed E-state index contributed by atoms with van der Waals surface area (Å²) in [6, 6.07) is 1.28. The van der Waals surface area contributed by atoms with E-state index in [1.54, 1.807) is 7.11 Å². The molecule has 1 aromatic rings. The second-order valence-electron chi connectivity index (χ2n) is 3.55. The first-order chi connectivity index (χ1) is 8.45. The van der Waals surface area contributed by atoms with Gasteiger partial charge in [-0.15, -0.1) is 11.3 Å². The maximum absolute atomic E-state index is 11.6. The predicted molar refractivity (Wildman–Crippen MR) is 70.8 cm³/mol. The van der Waals surface area contributed by atoms with Crippen LogP contribution in [0.4, 0.5) is 0 Å². The highest BCUT2D eigenvalue weighted by Gasteiger charge is 2.16. The summed E-state index contributed by atoms with van der Waals surface area (Å²) in [6.45, 7) is 1.18. The third kappa shape index (κ3) is 4.93. The first kappa shape index (κ1) is 15.4. The van der Waals surface area contributed by atoms with Crippen LogP contribution >= 0.6 is 22.0 Å². The zero-order valence-electron chi connectivity index (χ0n) is 9.81. The first-order valence-corrected chi connectivity index (χ1v) is 8.44. The summed E-state index contributed by atoms with van der Waals surface area (Å²) in [5.41, 5.74) is 0.311. The molecule has 0 saturated carbocycles. The molecule has 0 bridgehead atoms. The molecule has 0 unspecified atom stereocenters. The van der Waals surface area contributed by atoms with Crippen molar-refractivity contribution in [2.45, 2.75) is 17.1 Å². The Kier molecular flexibility index (Phi) is 6.07.